The highest BCUT2D eigenvalue weighted by Crippen LogP contribution is 2.17. The molecule has 0 aromatic heterocycles. The van der Waals surface area contributed by atoms with E-state index in [4.69, 9.17) is 14.7 Å². The smallest absolute Gasteiger partial charge is 0.0991 e. The molecule has 1 aromatic carbocycles. The zero-order chi connectivity index (χ0) is 13.4. The van der Waals surface area contributed by atoms with Crippen LogP contribution in [0.25, 0.3) is 0 Å². The molecule has 18 heavy (non-hydrogen) atoms. The predicted octanol–water partition coefficient (Wildman–Crippen LogP) is 2.05. The minimum Gasteiger partial charge on any atom is -0.383 e. The Labute approximate surface area is 109 Å². The van der Waals surface area contributed by atoms with E-state index in [1.807, 2.05) is 24.3 Å². The second kappa shape index (κ2) is 7.70. The third-order valence-corrected chi connectivity index (χ3v) is 2.80. The van der Waals surface area contributed by atoms with Crippen LogP contribution < -0.4 is 4.90 Å². The largest absolute Gasteiger partial charge is 0.383 e. The summed E-state index contributed by atoms with van der Waals surface area (Å²) >= 11 is 0. The number of benzene rings is 1. The van der Waals surface area contributed by atoms with Crippen LogP contribution in [0.1, 0.15) is 12.5 Å². The van der Waals surface area contributed by atoms with Crippen molar-refractivity contribution in [1.29, 1.82) is 5.26 Å². The van der Waals surface area contributed by atoms with Gasteiger partial charge in [-0.15, -0.1) is 0 Å². The molecule has 0 heterocycles. The summed E-state index contributed by atoms with van der Waals surface area (Å²) in [7, 11) is 3.39. The van der Waals surface area contributed by atoms with Crippen molar-refractivity contribution in [3.63, 3.8) is 0 Å². The Hall–Kier alpha value is -1.57. The van der Waals surface area contributed by atoms with E-state index in [9.17, 15) is 0 Å². The minimum atomic E-state index is 0.262. The Morgan fingerprint density at radius 3 is 2.39 bits per heavy atom. The fraction of sp³-hybridized carbons (Fsp3) is 0.500. The number of rotatable bonds is 7. The van der Waals surface area contributed by atoms with Crippen LogP contribution >= 0.6 is 0 Å². The Balaban J connectivity index is 2.83. The van der Waals surface area contributed by atoms with Crippen molar-refractivity contribution in [2.45, 2.75) is 13.0 Å². The zero-order valence-corrected chi connectivity index (χ0v) is 11.2. The van der Waals surface area contributed by atoms with E-state index in [0.717, 1.165) is 12.2 Å². The highest BCUT2D eigenvalue weighted by molar-refractivity contribution is 5.50. The average Bonchev–Trinajstić information content (AvgIpc) is 2.40. The molecule has 1 unspecified atom stereocenters. The van der Waals surface area contributed by atoms with E-state index in [2.05, 4.69) is 17.9 Å². The van der Waals surface area contributed by atoms with E-state index >= 15 is 0 Å². The molecule has 4 heteroatoms. The van der Waals surface area contributed by atoms with E-state index < -0.39 is 0 Å². The van der Waals surface area contributed by atoms with Gasteiger partial charge in [0, 0.05) is 32.5 Å². The number of nitrogens with zero attached hydrogens (tertiary/aromatic N) is 2. The SMILES string of the molecule is COCCN(c1ccc(C#N)cc1)C(C)COC. The first-order valence-corrected chi connectivity index (χ1v) is 5.97. The molecule has 4 nitrogen and oxygen atoms in total. The third kappa shape index (κ3) is 4.02. The second-order valence-corrected chi connectivity index (χ2v) is 4.15. The average molecular weight is 248 g/mol. The summed E-state index contributed by atoms with van der Waals surface area (Å²) in [4.78, 5) is 2.22. The molecular formula is C14H20N2O2. The first-order valence-electron chi connectivity index (χ1n) is 5.97. The molecule has 0 saturated carbocycles. The topological polar surface area (TPSA) is 45.5 Å². The van der Waals surface area contributed by atoms with Crippen molar-refractivity contribution in [3.8, 4) is 6.07 Å². The molecular weight excluding hydrogens is 228 g/mol. The molecule has 0 aliphatic carbocycles. The molecule has 0 N–H and O–H groups in total. The van der Waals surface area contributed by atoms with Crippen LogP contribution in [0.5, 0.6) is 0 Å². The molecule has 0 saturated heterocycles. The number of hydrogen-bond donors (Lipinski definition) is 0. The molecule has 1 aromatic rings. The van der Waals surface area contributed by atoms with Crippen LogP contribution in [0.15, 0.2) is 24.3 Å². The third-order valence-electron chi connectivity index (χ3n) is 2.80. The standard InChI is InChI=1S/C14H20N2O2/c1-12(11-18-3)16(8-9-17-2)14-6-4-13(10-15)5-7-14/h4-7,12H,8-9,11H2,1-3H3. The van der Waals surface area contributed by atoms with Gasteiger partial charge in [0.25, 0.3) is 0 Å². The monoisotopic (exact) mass is 248 g/mol. The van der Waals surface area contributed by atoms with Crippen LogP contribution in [0, 0.1) is 11.3 Å². The van der Waals surface area contributed by atoms with Crippen LogP contribution in [0.4, 0.5) is 5.69 Å². The fourth-order valence-corrected chi connectivity index (χ4v) is 1.85. The number of ether oxygens (including phenoxy) is 2. The lowest BCUT2D eigenvalue weighted by atomic mass is 10.2. The van der Waals surface area contributed by atoms with Gasteiger partial charge in [-0.3, -0.25) is 0 Å². The maximum absolute atomic E-state index is 8.80. The summed E-state index contributed by atoms with van der Waals surface area (Å²) in [5.74, 6) is 0. The Bertz CT molecular complexity index is 384. The highest BCUT2D eigenvalue weighted by Gasteiger charge is 2.14. The number of nitriles is 1. The van der Waals surface area contributed by atoms with Crippen LogP contribution in [-0.2, 0) is 9.47 Å². The Morgan fingerprint density at radius 1 is 1.22 bits per heavy atom. The first kappa shape index (κ1) is 14.5. The molecule has 1 rings (SSSR count). The van der Waals surface area contributed by atoms with Crippen molar-refractivity contribution in [2.24, 2.45) is 0 Å². The van der Waals surface area contributed by atoms with Gasteiger partial charge in [-0.2, -0.15) is 5.26 Å². The molecule has 0 aliphatic rings. The van der Waals surface area contributed by atoms with Gasteiger partial charge >= 0.3 is 0 Å². The van der Waals surface area contributed by atoms with Crippen molar-refractivity contribution >= 4 is 5.69 Å². The first-order chi connectivity index (χ1) is 8.72. The Kier molecular flexibility index (Phi) is 6.20. The summed E-state index contributed by atoms with van der Waals surface area (Å²) in [6.45, 7) is 4.22. The minimum absolute atomic E-state index is 0.262. The summed E-state index contributed by atoms with van der Waals surface area (Å²) in [5, 5.41) is 8.80. The maximum atomic E-state index is 8.80. The van der Waals surface area contributed by atoms with Gasteiger partial charge in [0.05, 0.1) is 24.8 Å². The summed E-state index contributed by atoms with van der Waals surface area (Å²) < 4.78 is 10.3. The zero-order valence-electron chi connectivity index (χ0n) is 11.2. The fourth-order valence-electron chi connectivity index (χ4n) is 1.85. The molecule has 1 atom stereocenters. The Morgan fingerprint density at radius 2 is 1.89 bits per heavy atom. The molecule has 98 valence electrons. The quantitative estimate of drug-likeness (QED) is 0.741. The van der Waals surface area contributed by atoms with Gasteiger partial charge in [0.2, 0.25) is 0 Å². The van der Waals surface area contributed by atoms with Crippen molar-refractivity contribution in [1.82, 2.24) is 0 Å². The van der Waals surface area contributed by atoms with Crippen molar-refractivity contribution < 1.29 is 9.47 Å². The van der Waals surface area contributed by atoms with Crippen molar-refractivity contribution in [2.75, 3.05) is 38.9 Å². The van der Waals surface area contributed by atoms with Crippen LogP contribution in [0.2, 0.25) is 0 Å². The van der Waals surface area contributed by atoms with Crippen LogP contribution in [0.3, 0.4) is 0 Å². The maximum Gasteiger partial charge on any atom is 0.0991 e. The van der Waals surface area contributed by atoms with Gasteiger partial charge < -0.3 is 14.4 Å². The highest BCUT2D eigenvalue weighted by atomic mass is 16.5. The molecule has 0 spiro atoms. The molecule has 0 bridgehead atoms. The summed E-state index contributed by atoms with van der Waals surface area (Å²) in [6.07, 6.45) is 0. The van der Waals surface area contributed by atoms with Crippen LogP contribution in [-0.4, -0.2) is 40.0 Å². The van der Waals surface area contributed by atoms with E-state index in [0.29, 0.717) is 18.8 Å². The number of hydrogen-bond acceptors (Lipinski definition) is 4. The van der Waals surface area contributed by atoms with Gasteiger partial charge in [0.15, 0.2) is 0 Å². The van der Waals surface area contributed by atoms with Gasteiger partial charge in [-0.05, 0) is 31.2 Å². The van der Waals surface area contributed by atoms with E-state index in [-0.39, 0.29) is 6.04 Å². The summed E-state index contributed by atoms with van der Waals surface area (Å²) in [5.41, 5.74) is 1.75. The van der Waals surface area contributed by atoms with Crippen molar-refractivity contribution in [3.05, 3.63) is 29.8 Å². The molecule has 0 aliphatic heterocycles. The van der Waals surface area contributed by atoms with Gasteiger partial charge in [0.1, 0.15) is 0 Å². The number of anilines is 1. The summed E-state index contributed by atoms with van der Waals surface area (Å²) in [6, 6.07) is 9.96. The lowest BCUT2D eigenvalue weighted by Crippen LogP contribution is -2.38. The molecule has 0 amide bonds. The molecule has 0 radical (unpaired) electrons. The van der Waals surface area contributed by atoms with Gasteiger partial charge in [-0.25, -0.2) is 0 Å². The normalized spacial score (nSPS) is 11.9. The van der Waals surface area contributed by atoms with E-state index in [1.165, 1.54) is 0 Å². The van der Waals surface area contributed by atoms with Gasteiger partial charge in [-0.1, -0.05) is 0 Å². The second-order valence-electron chi connectivity index (χ2n) is 4.15. The lowest BCUT2D eigenvalue weighted by molar-refractivity contribution is 0.171. The predicted molar refractivity (Wildman–Crippen MR) is 71.7 cm³/mol. The number of methoxy groups -OCH3 is 2. The van der Waals surface area contributed by atoms with E-state index in [1.54, 1.807) is 14.2 Å². The lowest BCUT2D eigenvalue weighted by Gasteiger charge is -2.30. The molecule has 0 fully saturated rings.